The van der Waals surface area contributed by atoms with Gasteiger partial charge in [0.05, 0.1) is 48.0 Å². The molecule has 0 unspecified atom stereocenters. The minimum Gasteiger partial charge on any atom is -0.495 e. The Hall–Kier alpha value is -3.87. The molecule has 15 heteroatoms. The number of hydrogen-bond acceptors (Lipinski definition) is 8. The van der Waals surface area contributed by atoms with E-state index >= 15 is 4.39 Å². The summed E-state index contributed by atoms with van der Waals surface area (Å²) >= 11 is 0. The molecule has 3 aromatic rings. The quantitative estimate of drug-likeness (QED) is 0.273. The van der Waals surface area contributed by atoms with Gasteiger partial charge in [-0.25, -0.2) is 17.8 Å². The number of carbonyl (C=O) groups is 1. The molecule has 5 rings (SSSR count). The third-order valence-corrected chi connectivity index (χ3v) is 9.56. The Bertz CT molecular complexity index is 1770. The monoisotopic (exact) mass is 679 g/mol. The molecule has 2 aliphatic heterocycles. The molecule has 0 radical (unpaired) electrons. The van der Waals surface area contributed by atoms with E-state index in [1.165, 1.54) is 42.0 Å². The zero-order valence-corrected chi connectivity index (χ0v) is 27.0. The number of anilines is 1. The minimum atomic E-state index is -4.52. The number of halogens is 4. The van der Waals surface area contributed by atoms with Gasteiger partial charge in [-0.2, -0.15) is 13.2 Å². The Balaban J connectivity index is 1.37. The first kappa shape index (κ1) is 34.5. The van der Waals surface area contributed by atoms with Crippen LogP contribution in [0.25, 0.3) is 5.65 Å². The van der Waals surface area contributed by atoms with Crippen LogP contribution in [0, 0.1) is 17.8 Å². The van der Waals surface area contributed by atoms with E-state index in [2.05, 4.69) is 32.4 Å². The number of piperidine rings is 1. The van der Waals surface area contributed by atoms with Gasteiger partial charge >= 0.3 is 6.18 Å². The Kier molecular flexibility index (Phi) is 10.3. The highest BCUT2D eigenvalue weighted by Crippen LogP contribution is 2.29. The van der Waals surface area contributed by atoms with Crippen LogP contribution in [0.1, 0.15) is 41.4 Å². The van der Waals surface area contributed by atoms with Crippen LogP contribution < -0.4 is 15.4 Å². The standard InChI is InChI=1S/C32H37F4N5O5S/c1-20-17-40(22-8-11-46-12-9-22)19-26(33)29(20)39-31(42)25-13-21(18-41-23(15-32(34,35)36)16-38-30(25)41)5-4-10-37-27-7-6-24(47(3,43)44)14-28(27)45-2/h6-7,13-14,16,18,20,22,26,29,37H,8-12,15,17,19H2,1-3H3,(H,39,42)/t20-,26-,29+/m0/s1. The van der Waals surface area contributed by atoms with Gasteiger partial charge in [-0.3, -0.25) is 9.69 Å². The average molecular weight is 680 g/mol. The van der Waals surface area contributed by atoms with E-state index in [1.807, 2.05) is 6.92 Å². The molecular weight excluding hydrogens is 642 g/mol. The van der Waals surface area contributed by atoms with Crippen molar-refractivity contribution in [1.29, 1.82) is 0 Å². The van der Waals surface area contributed by atoms with Gasteiger partial charge in [-0.05, 0) is 37.0 Å². The molecule has 0 bridgehead atoms. The molecule has 3 atom stereocenters. The molecule has 2 N–H and O–H groups in total. The van der Waals surface area contributed by atoms with Crippen LogP contribution in [0.4, 0.5) is 23.2 Å². The number of methoxy groups -OCH3 is 1. The fourth-order valence-corrected chi connectivity index (χ4v) is 6.74. The van der Waals surface area contributed by atoms with Crippen LogP contribution >= 0.6 is 0 Å². The van der Waals surface area contributed by atoms with E-state index in [1.54, 1.807) is 0 Å². The summed E-state index contributed by atoms with van der Waals surface area (Å²) < 4.78 is 91.3. The summed E-state index contributed by atoms with van der Waals surface area (Å²) in [7, 11) is -2.06. The molecule has 2 aromatic heterocycles. The Morgan fingerprint density at radius 2 is 1.94 bits per heavy atom. The lowest BCUT2D eigenvalue weighted by atomic mass is 9.90. The van der Waals surface area contributed by atoms with Crippen LogP contribution in [-0.4, -0.2) is 99.3 Å². The number of nitrogens with one attached hydrogen (secondary N) is 2. The summed E-state index contributed by atoms with van der Waals surface area (Å²) in [5.74, 6) is 5.14. The van der Waals surface area contributed by atoms with Crippen LogP contribution in [0.15, 0.2) is 41.6 Å². The number of likely N-dealkylation sites (tertiary alicyclic amines) is 1. The number of carbonyl (C=O) groups excluding carboxylic acids is 1. The van der Waals surface area contributed by atoms with Crippen molar-refractivity contribution in [3.8, 4) is 17.6 Å². The van der Waals surface area contributed by atoms with Gasteiger partial charge in [0.15, 0.2) is 9.84 Å². The number of nitrogens with zero attached hydrogens (tertiary/aromatic N) is 3. The van der Waals surface area contributed by atoms with Crippen LogP contribution in [-0.2, 0) is 21.0 Å². The molecule has 2 aliphatic rings. The molecule has 10 nitrogen and oxygen atoms in total. The lowest BCUT2D eigenvalue weighted by molar-refractivity contribution is -0.127. The molecule has 0 spiro atoms. The molecule has 1 aromatic carbocycles. The number of sulfone groups is 1. The second-order valence-corrected chi connectivity index (χ2v) is 14.0. The summed E-state index contributed by atoms with van der Waals surface area (Å²) in [5.41, 5.74) is 0.515. The number of rotatable bonds is 8. The molecule has 2 fully saturated rings. The second-order valence-electron chi connectivity index (χ2n) is 12.0. The normalized spacial score (nSPS) is 21.2. The summed E-state index contributed by atoms with van der Waals surface area (Å²) in [6.07, 6.45) is -1.98. The maximum atomic E-state index is 15.5. The van der Waals surface area contributed by atoms with Crippen LogP contribution in [0.2, 0.25) is 0 Å². The predicted molar refractivity (Wildman–Crippen MR) is 167 cm³/mol. The maximum Gasteiger partial charge on any atom is 0.394 e. The number of aromatic nitrogens is 2. The molecule has 47 heavy (non-hydrogen) atoms. The van der Waals surface area contributed by atoms with Gasteiger partial charge in [-0.15, -0.1) is 0 Å². The number of amides is 1. The molecule has 254 valence electrons. The van der Waals surface area contributed by atoms with Crippen molar-refractivity contribution in [2.24, 2.45) is 5.92 Å². The van der Waals surface area contributed by atoms with E-state index in [-0.39, 0.29) is 58.2 Å². The number of hydrogen-bond donors (Lipinski definition) is 2. The van der Waals surface area contributed by atoms with Crippen LogP contribution in [0.3, 0.4) is 0 Å². The fourth-order valence-electron chi connectivity index (χ4n) is 6.10. The van der Waals surface area contributed by atoms with Gasteiger partial charge in [-0.1, -0.05) is 18.8 Å². The third-order valence-electron chi connectivity index (χ3n) is 8.45. The predicted octanol–water partition coefficient (Wildman–Crippen LogP) is 3.88. The molecular formula is C32H37F4N5O5S. The van der Waals surface area contributed by atoms with Crippen molar-refractivity contribution >= 4 is 27.1 Å². The topological polar surface area (TPSA) is 114 Å². The van der Waals surface area contributed by atoms with Crippen molar-refractivity contribution in [2.75, 3.05) is 51.5 Å². The molecule has 4 heterocycles. The van der Waals surface area contributed by atoms with E-state index in [0.717, 1.165) is 25.3 Å². The van der Waals surface area contributed by atoms with Gasteiger partial charge in [0.1, 0.15) is 17.6 Å². The first-order valence-electron chi connectivity index (χ1n) is 15.2. The highest BCUT2D eigenvalue weighted by Gasteiger charge is 2.39. The van der Waals surface area contributed by atoms with Gasteiger partial charge in [0, 0.05) is 62.6 Å². The van der Waals surface area contributed by atoms with Gasteiger partial charge in [0.25, 0.3) is 5.91 Å². The Labute approximate surface area is 270 Å². The molecule has 0 saturated carbocycles. The number of imidazole rings is 1. The first-order valence-corrected chi connectivity index (χ1v) is 17.1. The Morgan fingerprint density at radius 3 is 2.60 bits per heavy atom. The lowest BCUT2D eigenvalue weighted by Crippen LogP contribution is -2.59. The third kappa shape index (κ3) is 8.35. The highest BCUT2D eigenvalue weighted by atomic mass is 32.2. The smallest absolute Gasteiger partial charge is 0.394 e. The SMILES string of the molecule is COc1cc(S(C)(=O)=O)ccc1NCC#Cc1cc(C(=O)N[C@@H]2[C@@H](C)CN(C3CCOCC3)C[C@@H]2F)c2ncc(CC(F)(F)F)n2c1. The van der Waals surface area contributed by atoms with E-state index < -0.39 is 40.6 Å². The van der Waals surface area contributed by atoms with Gasteiger partial charge in [0.2, 0.25) is 0 Å². The average Bonchev–Trinajstić information content (AvgIpc) is 3.41. The summed E-state index contributed by atoms with van der Waals surface area (Å²) in [4.78, 5) is 19.9. The molecule has 0 aliphatic carbocycles. The van der Waals surface area contributed by atoms with Crippen molar-refractivity contribution in [3.63, 3.8) is 0 Å². The molecule has 1 amide bonds. The number of ether oxygens (including phenoxy) is 2. The summed E-state index contributed by atoms with van der Waals surface area (Å²) in [6.45, 7) is 3.94. The van der Waals surface area contributed by atoms with Crippen molar-refractivity contribution in [2.45, 2.75) is 55.5 Å². The Morgan fingerprint density at radius 1 is 1.19 bits per heavy atom. The van der Waals surface area contributed by atoms with E-state index in [0.29, 0.717) is 25.4 Å². The van der Waals surface area contributed by atoms with Crippen molar-refractivity contribution < 1.29 is 40.2 Å². The van der Waals surface area contributed by atoms with E-state index in [4.69, 9.17) is 9.47 Å². The van der Waals surface area contributed by atoms with Gasteiger partial charge < -0.3 is 24.5 Å². The largest absolute Gasteiger partial charge is 0.495 e. The molecule has 2 saturated heterocycles. The second kappa shape index (κ2) is 14.1. The fraction of sp³-hybridized carbons (Fsp3) is 0.500. The zero-order chi connectivity index (χ0) is 33.9. The zero-order valence-electron chi connectivity index (χ0n) is 26.2. The summed E-state index contributed by atoms with van der Waals surface area (Å²) in [5, 5.41) is 5.82. The lowest BCUT2D eigenvalue weighted by Gasteiger charge is -2.44. The minimum absolute atomic E-state index is 0.00355. The number of pyridine rings is 1. The highest BCUT2D eigenvalue weighted by molar-refractivity contribution is 7.90. The van der Waals surface area contributed by atoms with E-state index in [9.17, 15) is 26.4 Å². The first-order chi connectivity index (χ1) is 22.2. The number of benzene rings is 1. The van der Waals surface area contributed by atoms with Crippen molar-refractivity contribution in [3.05, 3.63) is 53.5 Å². The summed E-state index contributed by atoms with van der Waals surface area (Å²) in [6, 6.07) is 5.18. The van der Waals surface area contributed by atoms with Crippen LogP contribution in [0.5, 0.6) is 5.75 Å². The number of alkyl halides is 4. The van der Waals surface area contributed by atoms with Crippen molar-refractivity contribution in [1.82, 2.24) is 19.6 Å². The number of fused-ring (bicyclic) bond motifs is 1. The maximum absolute atomic E-state index is 15.5.